The van der Waals surface area contributed by atoms with Gasteiger partial charge in [-0.05, 0) is 51.5 Å². The molecule has 19 heavy (non-hydrogen) atoms. The highest BCUT2D eigenvalue weighted by molar-refractivity contribution is 4.91. The fraction of sp³-hybridized carbons (Fsp3) is 1.00. The number of nitrogens with two attached hydrogens (primary N) is 1. The molecule has 0 radical (unpaired) electrons. The van der Waals surface area contributed by atoms with Crippen LogP contribution in [-0.2, 0) is 4.74 Å². The van der Waals surface area contributed by atoms with Gasteiger partial charge in [-0.2, -0.15) is 0 Å². The van der Waals surface area contributed by atoms with Crippen molar-refractivity contribution >= 4 is 0 Å². The summed E-state index contributed by atoms with van der Waals surface area (Å²) in [6, 6.07) is 0. The van der Waals surface area contributed by atoms with Crippen molar-refractivity contribution in [3.8, 4) is 0 Å². The lowest BCUT2D eigenvalue weighted by atomic mass is 9.88. The van der Waals surface area contributed by atoms with Crippen LogP contribution < -0.4 is 5.73 Å². The highest BCUT2D eigenvalue weighted by atomic mass is 16.5. The molecule has 2 atom stereocenters. The first-order chi connectivity index (χ1) is 9.01. The first-order valence-electron chi connectivity index (χ1n) is 8.08. The van der Waals surface area contributed by atoms with Gasteiger partial charge in [0.2, 0.25) is 0 Å². The minimum atomic E-state index is 0.151. The molecule has 0 aromatic carbocycles. The van der Waals surface area contributed by atoms with E-state index in [1.807, 2.05) is 0 Å². The minimum Gasteiger partial charge on any atom is -0.377 e. The van der Waals surface area contributed by atoms with E-state index in [9.17, 15) is 0 Å². The topological polar surface area (TPSA) is 38.5 Å². The second-order valence-electron chi connectivity index (χ2n) is 6.71. The molecule has 3 nitrogen and oxygen atoms in total. The van der Waals surface area contributed by atoms with Crippen LogP contribution in [0.3, 0.4) is 0 Å². The second kappa shape index (κ2) is 8.23. The summed E-state index contributed by atoms with van der Waals surface area (Å²) in [5.41, 5.74) is 6.24. The van der Waals surface area contributed by atoms with E-state index >= 15 is 0 Å². The third-order valence-corrected chi connectivity index (χ3v) is 4.40. The van der Waals surface area contributed by atoms with Gasteiger partial charge in [-0.15, -0.1) is 0 Å². The lowest BCUT2D eigenvalue weighted by molar-refractivity contribution is -0.0350. The van der Waals surface area contributed by atoms with E-state index in [1.165, 1.54) is 32.2 Å². The monoisotopic (exact) mass is 270 g/mol. The summed E-state index contributed by atoms with van der Waals surface area (Å²) in [7, 11) is 0. The van der Waals surface area contributed by atoms with Crippen molar-refractivity contribution in [2.45, 2.75) is 71.4 Å². The summed E-state index contributed by atoms with van der Waals surface area (Å²) in [6.07, 6.45) is 6.43. The molecule has 1 fully saturated rings. The lowest BCUT2D eigenvalue weighted by Gasteiger charge is -2.45. The van der Waals surface area contributed by atoms with Crippen LogP contribution in [0, 0.1) is 5.92 Å². The van der Waals surface area contributed by atoms with E-state index in [-0.39, 0.29) is 5.54 Å². The maximum absolute atomic E-state index is 6.09. The molecule has 2 N–H and O–H groups in total. The molecular formula is C16H34N2O. The first-order valence-corrected chi connectivity index (χ1v) is 8.08. The Bertz CT molecular complexity index is 245. The molecule has 0 amide bonds. The molecule has 0 bridgehead atoms. The number of rotatable bonds is 8. The Balaban J connectivity index is 2.53. The van der Waals surface area contributed by atoms with Gasteiger partial charge in [-0.3, -0.25) is 4.90 Å². The average molecular weight is 270 g/mol. The van der Waals surface area contributed by atoms with Crippen molar-refractivity contribution in [1.29, 1.82) is 0 Å². The normalized spacial score (nSPS) is 24.6. The average Bonchev–Trinajstić information content (AvgIpc) is 2.42. The zero-order valence-corrected chi connectivity index (χ0v) is 13.5. The van der Waals surface area contributed by atoms with Crippen LogP contribution in [0.15, 0.2) is 0 Å². The molecule has 0 spiro atoms. The van der Waals surface area contributed by atoms with Crippen molar-refractivity contribution in [2.24, 2.45) is 11.7 Å². The van der Waals surface area contributed by atoms with Crippen LogP contribution in [0.5, 0.6) is 0 Å². The Morgan fingerprint density at radius 2 is 2.16 bits per heavy atom. The molecule has 0 aromatic rings. The van der Waals surface area contributed by atoms with Crippen molar-refractivity contribution < 1.29 is 4.74 Å². The number of hydrogen-bond donors (Lipinski definition) is 1. The Kier molecular flexibility index (Phi) is 7.33. The van der Waals surface area contributed by atoms with E-state index in [0.717, 1.165) is 32.0 Å². The Hall–Kier alpha value is -0.120. The van der Waals surface area contributed by atoms with Crippen molar-refractivity contribution in [2.75, 3.05) is 26.2 Å². The Morgan fingerprint density at radius 3 is 2.74 bits per heavy atom. The summed E-state index contributed by atoms with van der Waals surface area (Å²) in [5.74, 6) is 0.753. The van der Waals surface area contributed by atoms with Crippen LogP contribution in [0.25, 0.3) is 0 Å². The second-order valence-corrected chi connectivity index (χ2v) is 6.71. The molecule has 1 saturated heterocycles. The third kappa shape index (κ3) is 5.41. The van der Waals surface area contributed by atoms with Crippen molar-refractivity contribution in [3.63, 3.8) is 0 Å². The van der Waals surface area contributed by atoms with Gasteiger partial charge in [0.25, 0.3) is 0 Å². The molecule has 114 valence electrons. The summed E-state index contributed by atoms with van der Waals surface area (Å²) in [4.78, 5) is 2.58. The fourth-order valence-electron chi connectivity index (χ4n) is 2.84. The van der Waals surface area contributed by atoms with Gasteiger partial charge < -0.3 is 10.5 Å². The number of likely N-dealkylation sites (tertiary alicyclic amines) is 1. The third-order valence-electron chi connectivity index (χ3n) is 4.40. The molecule has 1 aliphatic rings. The number of ether oxygens (including phenoxy) is 1. The highest BCUT2D eigenvalue weighted by Gasteiger charge is 2.34. The first kappa shape index (κ1) is 16.9. The summed E-state index contributed by atoms with van der Waals surface area (Å²) < 4.78 is 5.95. The van der Waals surface area contributed by atoms with Crippen molar-refractivity contribution in [1.82, 2.24) is 4.90 Å². The van der Waals surface area contributed by atoms with Crippen LogP contribution in [0.4, 0.5) is 0 Å². The van der Waals surface area contributed by atoms with E-state index in [0.29, 0.717) is 6.10 Å². The molecule has 0 aromatic heterocycles. The van der Waals surface area contributed by atoms with Crippen LogP contribution in [-0.4, -0.2) is 42.8 Å². The zero-order valence-electron chi connectivity index (χ0n) is 13.5. The number of nitrogens with zero attached hydrogens (tertiary/aromatic N) is 1. The van der Waals surface area contributed by atoms with Gasteiger partial charge >= 0.3 is 0 Å². The summed E-state index contributed by atoms with van der Waals surface area (Å²) >= 11 is 0. The molecule has 1 heterocycles. The lowest BCUT2D eigenvalue weighted by Crippen LogP contribution is -2.56. The van der Waals surface area contributed by atoms with Crippen LogP contribution >= 0.6 is 0 Å². The standard InChI is InChI=1S/C16H34N2O/c1-5-11-19-15-7-6-10-18(12-15)16(4,13-17)9-8-14(2)3/h14-15H,5-13,17H2,1-4H3. The molecule has 0 aliphatic carbocycles. The van der Waals surface area contributed by atoms with Gasteiger partial charge in [0.15, 0.2) is 0 Å². The molecule has 3 heteroatoms. The molecule has 1 aliphatic heterocycles. The fourth-order valence-corrected chi connectivity index (χ4v) is 2.84. The van der Waals surface area contributed by atoms with E-state index in [4.69, 9.17) is 10.5 Å². The predicted molar refractivity (Wildman–Crippen MR) is 82.4 cm³/mol. The smallest absolute Gasteiger partial charge is 0.0702 e. The quantitative estimate of drug-likeness (QED) is 0.737. The Labute approximate surface area is 119 Å². The van der Waals surface area contributed by atoms with Crippen LogP contribution in [0.2, 0.25) is 0 Å². The van der Waals surface area contributed by atoms with E-state index in [2.05, 4.69) is 32.6 Å². The zero-order chi connectivity index (χ0) is 14.3. The summed E-state index contributed by atoms with van der Waals surface area (Å²) in [6.45, 7) is 13.0. The molecule has 1 rings (SSSR count). The molecule has 0 saturated carbocycles. The SMILES string of the molecule is CCCOC1CCCN(C(C)(CN)CCC(C)C)C1. The minimum absolute atomic E-state index is 0.151. The maximum atomic E-state index is 6.09. The van der Waals surface area contributed by atoms with Crippen molar-refractivity contribution in [3.05, 3.63) is 0 Å². The van der Waals surface area contributed by atoms with E-state index < -0.39 is 0 Å². The Morgan fingerprint density at radius 1 is 1.42 bits per heavy atom. The number of hydrogen-bond acceptors (Lipinski definition) is 3. The maximum Gasteiger partial charge on any atom is 0.0702 e. The van der Waals surface area contributed by atoms with Gasteiger partial charge in [-0.1, -0.05) is 20.8 Å². The number of piperidine rings is 1. The largest absolute Gasteiger partial charge is 0.377 e. The highest BCUT2D eigenvalue weighted by Crippen LogP contribution is 2.27. The summed E-state index contributed by atoms with van der Waals surface area (Å²) in [5, 5.41) is 0. The van der Waals surface area contributed by atoms with Crippen LogP contribution in [0.1, 0.15) is 59.8 Å². The van der Waals surface area contributed by atoms with Gasteiger partial charge in [0.1, 0.15) is 0 Å². The van der Waals surface area contributed by atoms with Gasteiger partial charge in [-0.25, -0.2) is 0 Å². The van der Waals surface area contributed by atoms with E-state index in [1.54, 1.807) is 0 Å². The molecular weight excluding hydrogens is 236 g/mol. The predicted octanol–water partition coefficient (Wildman–Crippen LogP) is 3.03. The van der Waals surface area contributed by atoms with Gasteiger partial charge in [0.05, 0.1) is 6.10 Å². The molecule has 2 unspecified atom stereocenters. The van der Waals surface area contributed by atoms with Gasteiger partial charge in [0, 0.05) is 25.2 Å².